The smallest absolute Gasteiger partial charge is 0.305 e. The minimum Gasteiger partial charge on any atom is -0.465 e. The molecule has 158 valence electrons. The van der Waals surface area contributed by atoms with Gasteiger partial charge in [-0.2, -0.15) is 5.26 Å². The van der Waals surface area contributed by atoms with E-state index in [2.05, 4.69) is 6.92 Å². The molecule has 0 fully saturated rings. The molecule has 0 aromatic rings. The van der Waals surface area contributed by atoms with Gasteiger partial charge in [0, 0.05) is 18.8 Å². The molecule has 1 unspecified atom stereocenters. The van der Waals surface area contributed by atoms with Crippen LogP contribution < -0.4 is 0 Å². The summed E-state index contributed by atoms with van der Waals surface area (Å²) in [6.45, 7) is 2.31. The van der Waals surface area contributed by atoms with Crippen LogP contribution in [0.25, 0.3) is 0 Å². The maximum Gasteiger partial charge on any atom is 0.305 e. The van der Waals surface area contributed by atoms with E-state index in [1.165, 1.54) is 83.5 Å². The standard InChI is InChI=1S/C23H43NO3/c1-2-3-4-5-6-7-8-9-10-11-12-13-14-15-16-17-23(26)27-21-22(20-25)18-19-24/h22,25H,2-18,20-21H2,1H3. The summed E-state index contributed by atoms with van der Waals surface area (Å²) in [6, 6.07) is 1.99. The molecule has 0 rings (SSSR count). The molecule has 0 amide bonds. The highest BCUT2D eigenvalue weighted by atomic mass is 16.5. The maximum absolute atomic E-state index is 11.6. The summed E-state index contributed by atoms with van der Waals surface area (Å²) in [7, 11) is 0. The van der Waals surface area contributed by atoms with Gasteiger partial charge in [-0.05, 0) is 6.42 Å². The van der Waals surface area contributed by atoms with E-state index in [0.717, 1.165) is 12.8 Å². The van der Waals surface area contributed by atoms with Crippen molar-refractivity contribution in [2.75, 3.05) is 13.2 Å². The molecular weight excluding hydrogens is 338 g/mol. The van der Waals surface area contributed by atoms with E-state index >= 15 is 0 Å². The molecular formula is C23H43NO3. The van der Waals surface area contributed by atoms with Crippen molar-refractivity contribution in [3.05, 3.63) is 0 Å². The number of aliphatic hydroxyl groups excluding tert-OH is 1. The van der Waals surface area contributed by atoms with Crippen molar-refractivity contribution in [3.63, 3.8) is 0 Å². The lowest BCUT2D eigenvalue weighted by Gasteiger charge is -2.10. The van der Waals surface area contributed by atoms with Gasteiger partial charge in [0.1, 0.15) is 0 Å². The number of carbonyl (C=O) groups is 1. The van der Waals surface area contributed by atoms with Crippen LogP contribution in [-0.4, -0.2) is 24.3 Å². The third-order valence-electron chi connectivity index (χ3n) is 5.10. The number of esters is 1. The normalized spacial score (nSPS) is 11.9. The summed E-state index contributed by atoms with van der Waals surface area (Å²) in [5, 5.41) is 17.6. The average molecular weight is 382 g/mol. The molecule has 0 saturated carbocycles. The number of rotatable bonds is 20. The van der Waals surface area contributed by atoms with Crippen molar-refractivity contribution in [1.82, 2.24) is 0 Å². The monoisotopic (exact) mass is 381 g/mol. The predicted molar refractivity (Wildman–Crippen MR) is 111 cm³/mol. The van der Waals surface area contributed by atoms with Crippen LogP contribution >= 0.6 is 0 Å². The lowest BCUT2D eigenvalue weighted by molar-refractivity contribution is -0.145. The second-order valence-electron chi connectivity index (χ2n) is 7.79. The number of aliphatic hydroxyl groups is 1. The number of unbranched alkanes of at least 4 members (excludes halogenated alkanes) is 14. The van der Waals surface area contributed by atoms with Crippen LogP contribution in [0.2, 0.25) is 0 Å². The molecule has 0 spiro atoms. The first-order valence-electron chi connectivity index (χ1n) is 11.4. The van der Waals surface area contributed by atoms with Crippen molar-refractivity contribution in [2.24, 2.45) is 5.92 Å². The Balaban J connectivity index is 3.24. The molecule has 0 bridgehead atoms. The molecule has 0 saturated heterocycles. The van der Waals surface area contributed by atoms with E-state index in [4.69, 9.17) is 15.1 Å². The molecule has 1 atom stereocenters. The molecule has 0 heterocycles. The van der Waals surface area contributed by atoms with E-state index in [9.17, 15) is 4.79 Å². The third-order valence-corrected chi connectivity index (χ3v) is 5.10. The Hall–Kier alpha value is -1.08. The van der Waals surface area contributed by atoms with Crippen molar-refractivity contribution in [2.45, 2.75) is 116 Å². The first-order valence-corrected chi connectivity index (χ1v) is 11.4. The quantitative estimate of drug-likeness (QED) is 0.198. The highest BCUT2D eigenvalue weighted by Crippen LogP contribution is 2.14. The third kappa shape index (κ3) is 19.5. The van der Waals surface area contributed by atoms with Crippen LogP contribution in [0.4, 0.5) is 0 Å². The number of hydrogen-bond donors (Lipinski definition) is 1. The highest BCUT2D eigenvalue weighted by molar-refractivity contribution is 5.69. The highest BCUT2D eigenvalue weighted by Gasteiger charge is 2.10. The molecule has 1 N–H and O–H groups in total. The zero-order valence-electron chi connectivity index (χ0n) is 17.7. The van der Waals surface area contributed by atoms with E-state index in [0.29, 0.717) is 6.42 Å². The van der Waals surface area contributed by atoms with Gasteiger partial charge in [-0.25, -0.2) is 0 Å². The number of nitriles is 1. The topological polar surface area (TPSA) is 70.3 Å². The Morgan fingerprint density at radius 2 is 1.30 bits per heavy atom. The molecule has 27 heavy (non-hydrogen) atoms. The first-order chi connectivity index (χ1) is 13.2. The molecule has 0 radical (unpaired) electrons. The van der Waals surface area contributed by atoms with Crippen LogP contribution in [0.1, 0.15) is 116 Å². The molecule has 0 aliphatic rings. The fraction of sp³-hybridized carbons (Fsp3) is 0.913. The zero-order chi connectivity index (χ0) is 20.0. The van der Waals surface area contributed by atoms with E-state index < -0.39 is 0 Å². The van der Waals surface area contributed by atoms with Crippen molar-refractivity contribution in [1.29, 1.82) is 5.26 Å². The average Bonchev–Trinajstić information content (AvgIpc) is 2.68. The predicted octanol–water partition coefficient (Wildman–Crippen LogP) is 6.31. The lowest BCUT2D eigenvalue weighted by atomic mass is 10.0. The van der Waals surface area contributed by atoms with Gasteiger partial charge in [-0.15, -0.1) is 0 Å². The van der Waals surface area contributed by atoms with Crippen molar-refractivity contribution in [3.8, 4) is 6.07 Å². The van der Waals surface area contributed by atoms with Gasteiger partial charge in [0.2, 0.25) is 0 Å². The van der Waals surface area contributed by atoms with Crippen LogP contribution in [0.15, 0.2) is 0 Å². The van der Waals surface area contributed by atoms with Gasteiger partial charge in [0.05, 0.1) is 19.3 Å². The number of carbonyl (C=O) groups excluding carboxylic acids is 1. The molecule has 0 aromatic carbocycles. The Kier molecular flexibility index (Phi) is 20.4. The number of ether oxygens (including phenoxy) is 1. The van der Waals surface area contributed by atoms with Gasteiger partial charge in [0.15, 0.2) is 0 Å². The zero-order valence-corrected chi connectivity index (χ0v) is 17.7. The Labute approximate surface area is 167 Å². The van der Waals surface area contributed by atoms with Gasteiger partial charge in [-0.1, -0.05) is 96.8 Å². The SMILES string of the molecule is CCCCCCCCCCCCCCCCCC(=O)OCC(CO)CC#N. The van der Waals surface area contributed by atoms with Gasteiger partial charge in [0.25, 0.3) is 0 Å². The van der Waals surface area contributed by atoms with Crippen molar-refractivity contribution < 1.29 is 14.6 Å². The van der Waals surface area contributed by atoms with Gasteiger partial charge < -0.3 is 9.84 Å². The summed E-state index contributed by atoms with van der Waals surface area (Å²) >= 11 is 0. The van der Waals surface area contributed by atoms with E-state index in [1.54, 1.807) is 0 Å². The fourth-order valence-corrected chi connectivity index (χ4v) is 3.23. The van der Waals surface area contributed by atoms with Gasteiger partial charge in [-0.3, -0.25) is 4.79 Å². The second kappa shape index (κ2) is 21.2. The largest absolute Gasteiger partial charge is 0.465 e. The lowest BCUT2D eigenvalue weighted by Crippen LogP contribution is -2.16. The van der Waals surface area contributed by atoms with Crippen LogP contribution in [0, 0.1) is 17.2 Å². The summed E-state index contributed by atoms with van der Waals surface area (Å²) < 4.78 is 5.12. The Morgan fingerprint density at radius 1 is 0.852 bits per heavy atom. The fourth-order valence-electron chi connectivity index (χ4n) is 3.23. The number of hydrogen-bond acceptors (Lipinski definition) is 4. The molecule has 0 aliphatic carbocycles. The van der Waals surface area contributed by atoms with Crippen molar-refractivity contribution >= 4 is 5.97 Å². The van der Waals surface area contributed by atoms with Crippen LogP contribution in [-0.2, 0) is 9.53 Å². The Morgan fingerprint density at radius 3 is 1.70 bits per heavy atom. The molecule has 0 aliphatic heterocycles. The van der Waals surface area contributed by atoms with Crippen LogP contribution in [0.3, 0.4) is 0 Å². The van der Waals surface area contributed by atoms with Crippen LogP contribution in [0.5, 0.6) is 0 Å². The minimum atomic E-state index is -0.250. The maximum atomic E-state index is 11.6. The van der Waals surface area contributed by atoms with E-state index in [1.807, 2.05) is 6.07 Å². The minimum absolute atomic E-state index is 0.111. The second-order valence-corrected chi connectivity index (χ2v) is 7.79. The summed E-state index contributed by atoms with van der Waals surface area (Å²) in [6.07, 6.45) is 20.3. The van der Waals surface area contributed by atoms with E-state index in [-0.39, 0.29) is 31.5 Å². The summed E-state index contributed by atoms with van der Waals surface area (Å²) in [5.41, 5.74) is 0. The molecule has 4 nitrogen and oxygen atoms in total. The summed E-state index contributed by atoms with van der Waals surface area (Å²) in [4.78, 5) is 11.6. The Bertz CT molecular complexity index is 365. The number of nitrogens with zero attached hydrogens (tertiary/aromatic N) is 1. The first kappa shape index (κ1) is 25.9. The molecule has 0 aromatic heterocycles. The molecule has 4 heteroatoms. The summed E-state index contributed by atoms with van der Waals surface area (Å²) in [5.74, 6) is -0.457. The van der Waals surface area contributed by atoms with Gasteiger partial charge >= 0.3 is 5.97 Å².